The fourth-order valence-electron chi connectivity index (χ4n) is 2.75. The molecular formula is C14H29N3O2. The zero-order valence-corrected chi connectivity index (χ0v) is 12.8. The number of ether oxygens (including phenoxy) is 1. The molecule has 0 saturated carbocycles. The lowest BCUT2D eigenvalue weighted by Gasteiger charge is -2.39. The van der Waals surface area contributed by atoms with Gasteiger partial charge in [0.15, 0.2) is 0 Å². The number of methoxy groups -OCH3 is 1. The molecule has 5 heteroatoms. The van der Waals surface area contributed by atoms with Crippen LogP contribution in [0.3, 0.4) is 0 Å². The van der Waals surface area contributed by atoms with E-state index in [2.05, 4.69) is 29.0 Å². The van der Waals surface area contributed by atoms with Crippen LogP contribution in [0.4, 0.5) is 0 Å². The van der Waals surface area contributed by atoms with E-state index in [-0.39, 0.29) is 12.0 Å². The molecule has 0 bridgehead atoms. The lowest BCUT2D eigenvalue weighted by atomic mass is 10.1. The van der Waals surface area contributed by atoms with Crippen molar-refractivity contribution in [1.82, 2.24) is 15.1 Å². The molecule has 5 nitrogen and oxygen atoms in total. The minimum absolute atomic E-state index is 0.151. The second-order valence-electron chi connectivity index (χ2n) is 5.20. The van der Waals surface area contributed by atoms with Gasteiger partial charge in [-0.05, 0) is 26.4 Å². The van der Waals surface area contributed by atoms with Gasteiger partial charge in [0, 0.05) is 32.2 Å². The summed E-state index contributed by atoms with van der Waals surface area (Å²) in [7, 11) is 1.45. The Labute approximate surface area is 117 Å². The SMILES string of the molecule is CCNC(CCN1CCN(CC)C(C)C1)C(=O)OC. The number of nitrogens with zero attached hydrogens (tertiary/aromatic N) is 2. The van der Waals surface area contributed by atoms with Crippen molar-refractivity contribution in [3.63, 3.8) is 0 Å². The van der Waals surface area contributed by atoms with E-state index in [9.17, 15) is 4.79 Å². The van der Waals surface area contributed by atoms with Gasteiger partial charge in [0.05, 0.1) is 7.11 Å². The molecule has 1 N–H and O–H groups in total. The highest BCUT2D eigenvalue weighted by molar-refractivity contribution is 5.75. The number of likely N-dealkylation sites (N-methyl/N-ethyl adjacent to an activating group) is 2. The monoisotopic (exact) mass is 271 g/mol. The molecule has 1 saturated heterocycles. The van der Waals surface area contributed by atoms with Crippen molar-refractivity contribution in [3.8, 4) is 0 Å². The summed E-state index contributed by atoms with van der Waals surface area (Å²) in [6.07, 6.45) is 0.819. The number of esters is 1. The molecule has 0 spiro atoms. The second-order valence-corrected chi connectivity index (χ2v) is 5.20. The molecule has 0 aromatic carbocycles. The molecule has 0 aliphatic carbocycles. The van der Waals surface area contributed by atoms with Crippen LogP contribution in [0.1, 0.15) is 27.2 Å². The molecule has 2 atom stereocenters. The Bertz CT molecular complexity index is 273. The summed E-state index contributed by atoms with van der Waals surface area (Å²) >= 11 is 0. The molecule has 1 aliphatic heterocycles. The highest BCUT2D eigenvalue weighted by Crippen LogP contribution is 2.10. The summed E-state index contributed by atoms with van der Waals surface area (Å²) in [5.41, 5.74) is 0. The first kappa shape index (κ1) is 16.4. The fraction of sp³-hybridized carbons (Fsp3) is 0.929. The van der Waals surface area contributed by atoms with E-state index < -0.39 is 0 Å². The van der Waals surface area contributed by atoms with E-state index in [4.69, 9.17) is 4.74 Å². The van der Waals surface area contributed by atoms with Gasteiger partial charge >= 0.3 is 5.97 Å². The van der Waals surface area contributed by atoms with Crippen molar-refractivity contribution in [2.24, 2.45) is 0 Å². The van der Waals surface area contributed by atoms with Crippen LogP contribution in [0, 0.1) is 0 Å². The van der Waals surface area contributed by atoms with Crippen LogP contribution in [0.2, 0.25) is 0 Å². The maximum Gasteiger partial charge on any atom is 0.322 e. The first-order valence-electron chi connectivity index (χ1n) is 7.39. The molecule has 0 amide bonds. The van der Waals surface area contributed by atoms with Gasteiger partial charge in [0.2, 0.25) is 0 Å². The number of rotatable bonds is 7. The molecule has 1 aliphatic rings. The van der Waals surface area contributed by atoms with Crippen molar-refractivity contribution in [2.45, 2.75) is 39.3 Å². The normalized spacial score (nSPS) is 23.3. The van der Waals surface area contributed by atoms with E-state index in [0.717, 1.165) is 45.7 Å². The predicted octanol–water partition coefficient (Wildman–Crippen LogP) is 0.554. The third-order valence-electron chi connectivity index (χ3n) is 3.93. The highest BCUT2D eigenvalue weighted by atomic mass is 16.5. The number of carbonyl (C=O) groups excluding carboxylic acids is 1. The Kier molecular flexibility index (Phi) is 7.34. The Morgan fingerprint density at radius 3 is 2.68 bits per heavy atom. The van der Waals surface area contributed by atoms with E-state index in [1.807, 2.05) is 6.92 Å². The predicted molar refractivity (Wildman–Crippen MR) is 77.2 cm³/mol. The third kappa shape index (κ3) is 5.09. The largest absolute Gasteiger partial charge is 0.468 e. The first-order valence-corrected chi connectivity index (χ1v) is 7.39. The van der Waals surface area contributed by atoms with E-state index in [1.165, 1.54) is 7.11 Å². The van der Waals surface area contributed by atoms with Crippen molar-refractivity contribution in [3.05, 3.63) is 0 Å². The minimum atomic E-state index is -0.172. The molecular weight excluding hydrogens is 242 g/mol. The summed E-state index contributed by atoms with van der Waals surface area (Å²) in [6.45, 7) is 12.7. The lowest BCUT2D eigenvalue weighted by molar-refractivity contribution is -0.143. The molecule has 1 fully saturated rings. The molecule has 0 radical (unpaired) electrons. The fourth-order valence-corrected chi connectivity index (χ4v) is 2.75. The van der Waals surface area contributed by atoms with Crippen LogP contribution in [0.5, 0.6) is 0 Å². The Balaban J connectivity index is 2.36. The number of hydrogen-bond donors (Lipinski definition) is 1. The van der Waals surface area contributed by atoms with Crippen LogP contribution in [-0.4, -0.2) is 74.2 Å². The highest BCUT2D eigenvalue weighted by Gasteiger charge is 2.24. The van der Waals surface area contributed by atoms with Gasteiger partial charge < -0.3 is 15.0 Å². The lowest BCUT2D eigenvalue weighted by Crippen LogP contribution is -2.52. The Morgan fingerprint density at radius 2 is 2.16 bits per heavy atom. The van der Waals surface area contributed by atoms with Gasteiger partial charge in [-0.25, -0.2) is 0 Å². The molecule has 19 heavy (non-hydrogen) atoms. The van der Waals surface area contributed by atoms with Crippen LogP contribution < -0.4 is 5.32 Å². The van der Waals surface area contributed by atoms with Gasteiger partial charge in [-0.1, -0.05) is 13.8 Å². The summed E-state index contributed by atoms with van der Waals surface area (Å²) in [6, 6.07) is 0.434. The quantitative estimate of drug-likeness (QED) is 0.685. The zero-order chi connectivity index (χ0) is 14.3. The molecule has 1 heterocycles. The van der Waals surface area contributed by atoms with Crippen molar-refractivity contribution < 1.29 is 9.53 Å². The van der Waals surface area contributed by atoms with Crippen molar-refractivity contribution in [1.29, 1.82) is 0 Å². The van der Waals surface area contributed by atoms with Gasteiger partial charge in [0.1, 0.15) is 6.04 Å². The molecule has 1 rings (SSSR count). The number of nitrogens with one attached hydrogen (secondary N) is 1. The Morgan fingerprint density at radius 1 is 1.42 bits per heavy atom. The summed E-state index contributed by atoms with van der Waals surface area (Å²) < 4.78 is 4.83. The van der Waals surface area contributed by atoms with Gasteiger partial charge in [-0.2, -0.15) is 0 Å². The van der Waals surface area contributed by atoms with Crippen LogP contribution in [-0.2, 0) is 9.53 Å². The first-order chi connectivity index (χ1) is 9.12. The van der Waals surface area contributed by atoms with E-state index in [0.29, 0.717) is 6.04 Å². The molecule has 0 aromatic heterocycles. The summed E-state index contributed by atoms with van der Waals surface area (Å²) in [5, 5.41) is 3.19. The maximum atomic E-state index is 11.6. The van der Waals surface area contributed by atoms with Crippen LogP contribution in [0.15, 0.2) is 0 Å². The average Bonchev–Trinajstić information content (AvgIpc) is 2.42. The van der Waals surface area contributed by atoms with Crippen molar-refractivity contribution in [2.75, 3.05) is 46.4 Å². The second kappa shape index (κ2) is 8.51. The van der Waals surface area contributed by atoms with Crippen LogP contribution >= 0.6 is 0 Å². The zero-order valence-electron chi connectivity index (χ0n) is 12.8. The molecule has 112 valence electrons. The number of carbonyl (C=O) groups is 1. The number of piperazine rings is 1. The Hall–Kier alpha value is -0.650. The molecule has 2 unspecified atom stereocenters. The maximum absolute atomic E-state index is 11.6. The summed E-state index contributed by atoms with van der Waals surface area (Å²) in [4.78, 5) is 16.6. The third-order valence-corrected chi connectivity index (χ3v) is 3.93. The van der Waals surface area contributed by atoms with E-state index >= 15 is 0 Å². The summed E-state index contributed by atoms with van der Waals surface area (Å²) in [5.74, 6) is -0.151. The topological polar surface area (TPSA) is 44.8 Å². The smallest absolute Gasteiger partial charge is 0.322 e. The van der Waals surface area contributed by atoms with Gasteiger partial charge in [-0.3, -0.25) is 9.69 Å². The number of hydrogen-bond acceptors (Lipinski definition) is 5. The van der Waals surface area contributed by atoms with Crippen LogP contribution in [0.25, 0.3) is 0 Å². The standard InChI is InChI=1S/C14H29N3O2/c1-5-15-13(14(18)19-4)7-8-16-9-10-17(6-2)12(3)11-16/h12-13,15H,5-11H2,1-4H3. The van der Waals surface area contributed by atoms with E-state index in [1.54, 1.807) is 0 Å². The average molecular weight is 271 g/mol. The van der Waals surface area contributed by atoms with Gasteiger partial charge in [-0.15, -0.1) is 0 Å². The van der Waals surface area contributed by atoms with Crippen molar-refractivity contribution >= 4 is 5.97 Å². The molecule has 0 aromatic rings. The van der Waals surface area contributed by atoms with Gasteiger partial charge in [0.25, 0.3) is 0 Å². The minimum Gasteiger partial charge on any atom is -0.468 e.